The van der Waals surface area contributed by atoms with Gasteiger partial charge in [-0.2, -0.15) is 4.31 Å². The van der Waals surface area contributed by atoms with Crippen LogP contribution >= 0.6 is 0 Å². The molecule has 0 aromatic heterocycles. The first kappa shape index (κ1) is 16.7. The number of sulfonamides is 1. The first-order valence-electron chi connectivity index (χ1n) is 6.45. The third-order valence-corrected chi connectivity index (χ3v) is 4.58. The van der Waals surface area contributed by atoms with Crippen molar-refractivity contribution in [2.24, 2.45) is 0 Å². The second kappa shape index (κ2) is 6.37. The number of nitrogens with zero attached hydrogens (tertiary/aromatic N) is 1. The van der Waals surface area contributed by atoms with Crippen LogP contribution in [-0.2, 0) is 14.8 Å². The fourth-order valence-corrected chi connectivity index (χ4v) is 3.02. The molecule has 0 unspecified atom stereocenters. The summed E-state index contributed by atoms with van der Waals surface area (Å²) in [5, 5.41) is 2.76. The van der Waals surface area contributed by atoms with Gasteiger partial charge in [-0.05, 0) is 44.9 Å². The predicted molar refractivity (Wildman–Crippen MR) is 81.2 cm³/mol. The molecule has 1 aromatic rings. The standard InChI is InChI=1S/C14H22N2O3S/c1-10(2)16(20(5,18)19)9-14(17)15-13-8-6-7-11(3)12(13)4/h6-8,10H,9H2,1-5H3,(H,15,17). The number of amides is 1. The molecule has 20 heavy (non-hydrogen) atoms. The van der Waals surface area contributed by atoms with Crippen molar-refractivity contribution < 1.29 is 13.2 Å². The van der Waals surface area contributed by atoms with Crippen LogP contribution in [-0.4, -0.2) is 37.5 Å². The number of rotatable bonds is 5. The zero-order valence-corrected chi connectivity index (χ0v) is 13.4. The lowest BCUT2D eigenvalue weighted by molar-refractivity contribution is -0.116. The summed E-state index contributed by atoms with van der Waals surface area (Å²) < 4.78 is 24.4. The highest BCUT2D eigenvalue weighted by molar-refractivity contribution is 7.88. The van der Waals surface area contributed by atoms with Crippen molar-refractivity contribution >= 4 is 21.6 Å². The van der Waals surface area contributed by atoms with E-state index in [1.54, 1.807) is 19.9 Å². The monoisotopic (exact) mass is 298 g/mol. The van der Waals surface area contributed by atoms with Gasteiger partial charge in [-0.1, -0.05) is 12.1 Å². The summed E-state index contributed by atoms with van der Waals surface area (Å²) >= 11 is 0. The first-order valence-corrected chi connectivity index (χ1v) is 8.30. The van der Waals surface area contributed by atoms with Crippen molar-refractivity contribution in [2.45, 2.75) is 33.7 Å². The van der Waals surface area contributed by atoms with Crippen LogP contribution < -0.4 is 5.32 Å². The lowest BCUT2D eigenvalue weighted by atomic mass is 10.1. The molecule has 0 bridgehead atoms. The van der Waals surface area contributed by atoms with E-state index in [-0.39, 0.29) is 18.5 Å². The average molecular weight is 298 g/mol. The molecule has 0 fully saturated rings. The van der Waals surface area contributed by atoms with Gasteiger partial charge in [0, 0.05) is 11.7 Å². The third kappa shape index (κ3) is 4.31. The Kier molecular flexibility index (Phi) is 5.30. The van der Waals surface area contributed by atoms with Gasteiger partial charge in [0.25, 0.3) is 0 Å². The van der Waals surface area contributed by atoms with E-state index in [1.165, 1.54) is 4.31 Å². The van der Waals surface area contributed by atoms with E-state index in [1.807, 2.05) is 26.0 Å². The number of carbonyl (C=O) groups excluding carboxylic acids is 1. The smallest absolute Gasteiger partial charge is 0.239 e. The summed E-state index contributed by atoms with van der Waals surface area (Å²) in [6.45, 7) is 7.19. The van der Waals surface area contributed by atoms with Crippen LogP contribution in [0.1, 0.15) is 25.0 Å². The summed E-state index contributed by atoms with van der Waals surface area (Å²) in [5.41, 5.74) is 2.77. The number of carbonyl (C=O) groups is 1. The lowest BCUT2D eigenvalue weighted by Gasteiger charge is -2.23. The summed E-state index contributed by atoms with van der Waals surface area (Å²) in [7, 11) is -3.40. The molecule has 112 valence electrons. The number of hydrogen-bond acceptors (Lipinski definition) is 3. The molecule has 0 radical (unpaired) electrons. The lowest BCUT2D eigenvalue weighted by Crippen LogP contribution is -2.41. The highest BCUT2D eigenvalue weighted by Crippen LogP contribution is 2.18. The van der Waals surface area contributed by atoms with Gasteiger partial charge in [-0.3, -0.25) is 4.79 Å². The van der Waals surface area contributed by atoms with E-state index in [0.29, 0.717) is 5.69 Å². The topological polar surface area (TPSA) is 66.5 Å². The second-order valence-corrected chi connectivity index (χ2v) is 7.13. The molecular formula is C14H22N2O3S. The van der Waals surface area contributed by atoms with Crippen molar-refractivity contribution in [3.05, 3.63) is 29.3 Å². The Morgan fingerprint density at radius 3 is 2.40 bits per heavy atom. The normalized spacial score (nSPS) is 11.9. The molecule has 0 aliphatic carbocycles. The Labute approximate surface area is 121 Å². The number of hydrogen-bond donors (Lipinski definition) is 1. The molecule has 0 aliphatic rings. The maximum atomic E-state index is 12.0. The molecule has 1 aromatic carbocycles. The van der Waals surface area contributed by atoms with Gasteiger partial charge >= 0.3 is 0 Å². The minimum Gasteiger partial charge on any atom is -0.325 e. The van der Waals surface area contributed by atoms with Gasteiger partial charge in [0.1, 0.15) is 0 Å². The van der Waals surface area contributed by atoms with Gasteiger partial charge in [0.05, 0.1) is 12.8 Å². The fourth-order valence-electron chi connectivity index (χ4n) is 1.90. The van der Waals surface area contributed by atoms with E-state index in [9.17, 15) is 13.2 Å². The Bertz CT molecular complexity index is 594. The molecule has 5 nitrogen and oxygen atoms in total. The minimum atomic E-state index is -3.40. The minimum absolute atomic E-state index is 0.177. The van der Waals surface area contributed by atoms with Crippen molar-refractivity contribution in [3.8, 4) is 0 Å². The second-order valence-electron chi connectivity index (χ2n) is 5.20. The summed E-state index contributed by atoms with van der Waals surface area (Å²) in [6.07, 6.45) is 1.11. The Balaban J connectivity index is 2.84. The highest BCUT2D eigenvalue weighted by Gasteiger charge is 2.23. The molecule has 0 atom stereocenters. The maximum absolute atomic E-state index is 12.0. The van der Waals surface area contributed by atoms with Gasteiger partial charge in [0.2, 0.25) is 15.9 Å². The van der Waals surface area contributed by atoms with E-state index in [2.05, 4.69) is 5.32 Å². The average Bonchev–Trinajstić information content (AvgIpc) is 2.30. The molecule has 0 spiro atoms. The quantitative estimate of drug-likeness (QED) is 0.903. The van der Waals surface area contributed by atoms with Crippen LogP contribution in [0.25, 0.3) is 0 Å². The van der Waals surface area contributed by atoms with Gasteiger partial charge < -0.3 is 5.32 Å². The molecule has 1 N–H and O–H groups in total. The van der Waals surface area contributed by atoms with Crippen molar-refractivity contribution in [3.63, 3.8) is 0 Å². The van der Waals surface area contributed by atoms with Crippen LogP contribution in [0.2, 0.25) is 0 Å². The zero-order chi connectivity index (χ0) is 15.5. The van der Waals surface area contributed by atoms with Gasteiger partial charge in [-0.25, -0.2) is 8.42 Å². The van der Waals surface area contributed by atoms with Crippen molar-refractivity contribution in [1.82, 2.24) is 4.31 Å². The molecule has 0 saturated carbocycles. The van der Waals surface area contributed by atoms with Crippen LogP contribution in [0.4, 0.5) is 5.69 Å². The summed E-state index contributed by atoms with van der Waals surface area (Å²) in [4.78, 5) is 12.0. The van der Waals surface area contributed by atoms with Crippen LogP contribution in [0, 0.1) is 13.8 Å². The van der Waals surface area contributed by atoms with E-state index < -0.39 is 10.0 Å². The zero-order valence-electron chi connectivity index (χ0n) is 12.6. The van der Waals surface area contributed by atoms with E-state index >= 15 is 0 Å². The maximum Gasteiger partial charge on any atom is 0.239 e. The van der Waals surface area contributed by atoms with Crippen molar-refractivity contribution in [1.29, 1.82) is 0 Å². The van der Waals surface area contributed by atoms with Gasteiger partial charge in [-0.15, -0.1) is 0 Å². The predicted octanol–water partition coefficient (Wildman–Crippen LogP) is 1.91. The van der Waals surface area contributed by atoms with E-state index in [0.717, 1.165) is 17.4 Å². The number of aryl methyl sites for hydroxylation is 1. The Hall–Kier alpha value is -1.40. The first-order chi connectivity index (χ1) is 9.12. The van der Waals surface area contributed by atoms with Crippen LogP contribution in [0.15, 0.2) is 18.2 Å². The summed E-state index contributed by atoms with van der Waals surface area (Å²) in [5.74, 6) is -0.335. The highest BCUT2D eigenvalue weighted by atomic mass is 32.2. The Morgan fingerprint density at radius 1 is 1.30 bits per heavy atom. The molecule has 1 amide bonds. The molecule has 6 heteroatoms. The number of anilines is 1. The molecule has 0 aliphatic heterocycles. The summed E-state index contributed by atoms with van der Waals surface area (Å²) in [6, 6.07) is 5.37. The number of benzene rings is 1. The van der Waals surface area contributed by atoms with Gasteiger partial charge in [0.15, 0.2) is 0 Å². The molecule has 1 rings (SSSR count). The van der Waals surface area contributed by atoms with E-state index in [4.69, 9.17) is 0 Å². The Morgan fingerprint density at radius 2 is 1.90 bits per heavy atom. The largest absolute Gasteiger partial charge is 0.325 e. The molecule has 0 saturated heterocycles. The van der Waals surface area contributed by atoms with Crippen molar-refractivity contribution in [2.75, 3.05) is 18.1 Å². The third-order valence-electron chi connectivity index (χ3n) is 3.18. The SMILES string of the molecule is Cc1cccc(NC(=O)CN(C(C)C)S(C)(=O)=O)c1C. The fraction of sp³-hybridized carbons (Fsp3) is 0.500. The molecule has 0 heterocycles. The van der Waals surface area contributed by atoms with Crippen LogP contribution in [0.5, 0.6) is 0 Å². The van der Waals surface area contributed by atoms with Crippen LogP contribution in [0.3, 0.4) is 0 Å². The number of nitrogens with one attached hydrogen (secondary N) is 1. The molecular weight excluding hydrogens is 276 g/mol.